The van der Waals surface area contributed by atoms with Crippen LogP contribution in [0.5, 0.6) is 0 Å². The summed E-state index contributed by atoms with van der Waals surface area (Å²) in [5, 5.41) is 0. The molecule has 3 saturated carbocycles. The molecule has 22 heavy (non-hydrogen) atoms. The van der Waals surface area contributed by atoms with Crippen molar-refractivity contribution in [1.29, 1.82) is 0 Å². The molecule has 2 bridgehead atoms. The number of rotatable bonds is 1. The molecule has 0 aromatic heterocycles. The van der Waals surface area contributed by atoms with E-state index in [0.29, 0.717) is 19.8 Å². The van der Waals surface area contributed by atoms with Crippen LogP contribution in [0, 0.1) is 29.1 Å². The summed E-state index contributed by atoms with van der Waals surface area (Å²) in [5.74, 6) is -0.850. The Morgan fingerprint density at radius 3 is 1.36 bits per heavy atom. The van der Waals surface area contributed by atoms with Crippen LogP contribution in [-0.2, 0) is 0 Å². The largest absolute Gasteiger partial charge is 0.403 e. The summed E-state index contributed by atoms with van der Waals surface area (Å²) >= 11 is 0. The molecule has 0 aliphatic heterocycles. The van der Waals surface area contributed by atoms with Gasteiger partial charge in [-0.05, 0) is 49.9 Å². The molecule has 3 rings (SSSR count). The van der Waals surface area contributed by atoms with Crippen LogP contribution in [0.25, 0.3) is 0 Å². The van der Waals surface area contributed by atoms with Crippen LogP contribution in [0.15, 0.2) is 0 Å². The second-order valence-corrected chi connectivity index (χ2v) is 7.55. The summed E-state index contributed by atoms with van der Waals surface area (Å²) in [6, 6.07) is 0. The molecule has 0 heterocycles. The molecule has 0 aromatic carbocycles. The highest BCUT2D eigenvalue weighted by atomic mass is 19.4. The van der Waals surface area contributed by atoms with E-state index in [0.717, 1.165) is 18.8 Å². The SMILES string of the molecule is CC(C)C.CC(C1CC2CCC1CC2)(C(F)(F)F)C(F)(F)F. The van der Waals surface area contributed by atoms with E-state index < -0.39 is 29.6 Å². The number of alkyl halides is 6. The minimum Gasteiger partial charge on any atom is -0.170 e. The van der Waals surface area contributed by atoms with E-state index in [4.69, 9.17) is 0 Å². The monoisotopic (exact) mass is 332 g/mol. The van der Waals surface area contributed by atoms with E-state index in [-0.39, 0.29) is 12.3 Å². The first kappa shape index (κ1) is 19.6. The number of hydrogen-bond acceptors (Lipinski definition) is 0. The summed E-state index contributed by atoms with van der Waals surface area (Å²) < 4.78 is 77.9. The van der Waals surface area contributed by atoms with E-state index in [9.17, 15) is 26.3 Å². The summed E-state index contributed by atoms with van der Waals surface area (Å²) in [6.07, 6.45) is -7.80. The lowest BCUT2D eigenvalue weighted by Crippen LogP contribution is -2.57. The summed E-state index contributed by atoms with van der Waals surface area (Å²) in [7, 11) is 0. The predicted octanol–water partition coefficient (Wildman–Crippen LogP) is 6.61. The Labute approximate surface area is 128 Å². The fourth-order valence-corrected chi connectivity index (χ4v) is 3.67. The third kappa shape index (κ3) is 3.91. The average Bonchev–Trinajstić information content (AvgIpc) is 2.35. The lowest BCUT2D eigenvalue weighted by molar-refractivity contribution is -0.362. The van der Waals surface area contributed by atoms with Gasteiger partial charge in [-0.3, -0.25) is 0 Å². The molecule has 0 aromatic rings. The molecule has 3 fully saturated rings. The van der Waals surface area contributed by atoms with Gasteiger partial charge in [-0.25, -0.2) is 0 Å². The van der Waals surface area contributed by atoms with Crippen LogP contribution in [-0.4, -0.2) is 12.4 Å². The van der Waals surface area contributed by atoms with Crippen molar-refractivity contribution < 1.29 is 26.3 Å². The van der Waals surface area contributed by atoms with Gasteiger partial charge < -0.3 is 0 Å². The zero-order valence-electron chi connectivity index (χ0n) is 13.6. The zero-order valence-corrected chi connectivity index (χ0v) is 13.6. The standard InChI is InChI=1S/C12H16F6.C4H10/c1-10(11(13,14)15,12(16,17)18)9-6-7-2-4-8(9)5-3-7;1-4(2)3/h7-9H,2-6H2,1H3;4H,1-3H3. The Bertz CT molecular complexity index is 330. The molecular weight excluding hydrogens is 306 g/mol. The van der Waals surface area contributed by atoms with Crippen molar-refractivity contribution in [1.82, 2.24) is 0 Å². The van der Waals surface area contributed by atoms with E-state index >= 15 is 0 Å². The van der Waals surface area contributed by atoms with Gasteiger partial charge in [0.1, 0.15) is 0 Å². The molecule has 3 aliphatic carbocycles. The Kier molecular flexibility index (Phi) is 5.89. The topological polar surface area (TPSA) is 0 Å². The smallest absolute Gasteiger partial charge is 0.170 e. The third-order valence-corrected chi connectivity index (χ3v) is 4.97. The molecule has 3 aliphatic rings. The molecule has 1 unspecified atom stereocenters. The number of fused-ring (bicyclic) bond motifs is 3. The maximum absolute atomic E-state index is 13.0. The van der Waals surface area contributed by atoms with Crippen molar-refractivity contribution in [2.75, 3.05) is 0 Å². The summed E-state index contributed by atoms with van der Waals surface area (Å²) in [6.45, 7) is 6.85. The van der Waals surface area contributed by atoms with Gasteiger partial charge in [-0.2, -0.15) is 26.3 Å². The van der Waals surface area contributed by atoms with Crippen LogP contribution in [0.1, 0.15) is 59.8 Å². The van der Waals surface area contributed by atoms with Crippen molar-refractivity contribution in [3.63, 3.8) is 0 Å². The molecule has 6 heteroatoms. The molecule has 0 radical (unpaired) electrons. The van der Waals surface area contributed by atoms with Crippen molar-refractivity contribution >= 4 is 0 Å². The second-order valence-electron chi connectivity index (χ2n) is 7.55. The first-order valence-electron chi connectivity index (χ1n) is 7.94. The normalized spacial score (nSPS) is 29.3. The van der Waals surface area contributed by atoms with Crippen LogP contribution < -0.4 is 0 Å². The summed E-state index contributed by atoms with van der Waals surface area (Å²) in [5.41, 5.74) is -3.55. The van der Waals surface area contributed by atoms with E-state index in [1.54, 1.807) is 0 Å². The fourth-order valence-electron chi connectivity index (χ4n) is 3.67. The number of hydrogen-bond donors (Lipinski definition) is 0. The van der Waals surface area contributed by atoms with Gasteiger partial charge in [-0.15, -0.1) is 0 Å². The molecule has 132 valence electrons. The molecule has 0 spiro atoms. The summed E-state index contributed by atoms with van der Waals surface area (Å²) in [4.78, 5) is 0. The minimum absolute atomic E-state index is 0.0454. The first-order chi connectivity index (χ1) is 9.80. The molecule has 0 N–H and O–H groups in total. The first-order valence-corrected chi connectivity index (χ1v) is 7.94. The molecule has 0 nitrogen and oxygen atoms in total. The lowest BCUT2D eigenvalue weighted by Gasteiger charge is -2.51. The Hall–Kier alpha value is -0.420. The van der Waals surface area contributed by atoms with Crippen molar-refractivity contribution in [3.8, 4) is 0 Å². The van der Waals surface area contributed by atoms with Gasteiger partial charge in [0.2, 0.25) is 0 Å². The van der Waals surface area contributed by atoms with Gasteiger partial charge >= 0.3 is 12.4 Å². The fraction of sp³-hybridized carbons (Fsp3) is 1.00. The molecule has 1 atom stereocenters. The van der Waals surface area contributed by atoms with E-state index in [1.807, 2.05) is 0 Å². The van der Waals surface area contributed by atoms with Crippen LogP contribution in [0.4, 0.5) is 26.3 Å². The maximum Gasteiger partial charge on any atom is 0.403 e. The van der Waals surface area contributed by atoms with Crippen molar-refractivity contribution in [2.45, 2.75) is 72.2 Å². The van der Waals surface area contributed by atoms with E-state index in [1.165, 1.54) is 0 Å². The van der Waals surface area contributed by atoms with Crippen molar-refractivity contribution in [2.24, 2.45) is 29.1 Å². The average molecular weight is 332 g/mol. The maximum atomic E-state index is 13.0. The molecule has 0 saturated heterocycles. The quantitative estimate of drug-likeness (QED) is 0.474. The van der Waals surface area contributed by atoms with Crippen LogP contribution >= 0.6 is 0 Å². The highest BCUT2D eigenvalue weighted by molar-refractivity contribution is 5.01. The van der Waals surface area contributed by atoms with Crippen LogP contribution in [0.2, 0.25) is 0 Å². The number of halogens is 6. The zero-order chi connectivity index (χ0) is 17.3. The third-order valence-electron chi connectivity index (χ3n) is 4.97. The Morgan fingerprint density at radius 1 is 0.773 bits per heavy atom. The van der Waals surface area contributed by atoms with Gasteiger partial charge in [0.15, 0.2) is 5.41 Å². The van der Waals surface area contributed by atoms with E-state index in [2.05, 4.69) is 20.8 Å². The lowest BCUT2D eigenvalue weighted by atomic mass is 9.56. The van der Waals surface area contributed by atoms with Gasteiger partial charge in [-0.1, -0.05) is 33.6 Å². The van der Waals surface area contributed by atoms with Crippen molar-refractivity contribution in [3.05, 3.63) is 0 Å². The molecular formula is C16H26F6. The highest BCUT2D eigenvalue weighted by Crippen LogP contribution is 2.62. The predicted molar refractivity (Wildman–Crippen MR) is 74.3 cm³/mol. The van der Waals surface area contributed by atoms with Crippen LogP contribution in [0.3, 0.4) is 0 Å². The van der Waals surface area contributed by atoms with Gasteiger partial charge in [0, 0.05) is 0 Å². The van der Waals surface area contributed by atoms with Gasteiger partial charge in [0.25, 0.3) is 0 Å². The highest BCUT2D eigenvalue weighted by Gasteiger charge is 2.72. The Balaban J connectivity index is 0.000000541. The molecule has 0 amide bonds. The van der Waals surface area contributed by atoms with Gasteiger partial charge in [0.05, 0.1) is 0 Å². The minimum atomic E-state index is -5.23. The Morgan fingerprint density at radius 2 is 1.14 bits per heavy atom. The second kappa shape index (κ2) is 6.60.